The highest BCUT2D eigenvalue weighted by molar-refractivity contribution is 7.17. The van der Waals surface area contributed by atoms with Gasteiger partial charge in [-0.2, -0.15) is 0 Å². The Morgan fingerprint density at radius 2 is 1.57 bits per heavy atom. The van der Waals surface area contributed by atoms with Crippen LogP contribution in [0.25, 0.3) is 10.1 Å². The number of fused-ring (bicyclic) bond motifs is 1. The van der Waals surface area contributed by atoms with E-state index in [4.69, 9.17) is 0 Å². The molecule has 0 aliphatic carbocycles. The molecule has 6 heteroatoms. The summed E-state index contributed by atoms with van der Waals surface area (Å²) in [6.45, 7) is 9.52. The van der Waals surface area contributed by atoms with E-state index in [1.807, 2.05) is 33.4 Å². The van der Waals surface area contributed by atoms with E-state index in [1.165, 1.54) is 6.42 Å². The van der Waals surface area contributed by atoms with E-state index >= 15 is 0 Å². The smallest absolute Gasteiger partial charge is 0.255 e. The van der Waals surface area contributed by atoms with Crippen LogP contribution in [0.1, 0.15) is 53.8 Å². The normalized spacial score (nSPS) is 18.8. The number of hydrogen-bond acceptors (Lipinski definition) is 4. The highest BCUT2D eigenvalue weighted by atomic mass is 32.1. The van der Waals surface area contributed by atoms with E-state index in [0.29, 0.717) is 6.04 Å². The zero-order chi connectivity index (χ0) is 19.7. The van der Waals surface area contributed by atoms with Crippen LogP contribution >= 0.6 is 11.3 Å². The summed E-state index contributed by atoms with van der Waals surface area (Å²) < 4.78 is 1.02. The molecule has 0 N–H and O–H groups in total. The van der Waals surface area contributed by atoms with Crippen molar-refractivity contribution in [3.63, 3.8) is 0 Å². The fourth-order valence-corrected chi connectivity index (χ4v) is 5.19. The summed E-state index contributed by atoms with van der Waals surface area (Å²) in [6.07, 6.45) is 3.40. The molecule has 4 rings (SSSR count). The van der Waals surface area contributed by atoms with Crippen molar-refractivity contribution in [1.29, 1.82) is 0 Å². The van der Waals surface area contributed by atoms with E-state index in [2.05, 4.69) is 18.7 Å². The quantitative estimate of drug-likeness (QED) is 0.791. The lowest BCUT2D eigenvalue weighted by molar-refractivity contribution is 0.0595. The Labute approximate surface area is 170 Å². The van der Waals surface area contributed by atoms with Gasteiger partial charge in [-0.1, -0.05) is 6.07 Å². The molecule has 0 spiro atoms. The Morgan fingerprint density at radius 3 is 2.25 bits per heavy atom. The second-order valence-electron chi connectivity index (χ2n) is 8.14. The summed E-state index contributed by atoms with van der Waals surface area (Å²) in [5.74, 6) is 0.234. The van der Waals surface area contributed by atoms with Gasteiger partial charge in [0, 0.05) is 66.3 Å². The molecule has 0 atom stereocenters. The average Bonchev–Trinajstić information content (AvgIpc) is 3.16. The van der Waals surface area contributed by atoms with Crippen molar-refractivity contribution >= 4 is 33.2 Å². The minimum atomic E-state index is 0.0996. The molecule has 28 heavy (non-hydrogen) atoms. The molecule has 3 heterocycles. The lowest BCUT2D eigenvalue weighted by Crippen LogP contribution is -2.50. The third-order valence-corrected chi connectivity index (χ3v) is 6.97. The Hall–Kier alpha value is -1.92. The molecule has 2 aliphatic rings. The van der Waals surface area contributed by atoms with Crippen molar-refractivity contribution in [1.82, 2.24) is 14.7 Å². The highest BCUT2D eigenvalue weighted by Gasteiger charge is 2.25. The summed E-state index contributed by atoms with van der Waals surface area (Å²) >= 11 is 1.56. The summed E-state index contributed by atoms with van der Waals surface area (Å²) in [7, 11) is 0. The first-order chi connectivity index (χ1) is 13.5. The zero-order valence-corrected chi connectivity index (χ0v) is 17.6. The molecule has 0 saturated carbocycles. The monoisotopic (exact) mass is 399 g/mol. The van der Waals surface area contributed by atoms with Gasteiger partial charge in [0.1, 0.15) is 0 Å². The van der Waals surface area contributed by atoms with Crippen molar-refractivity contribution in [2.75, 3.05) is 39.3 Å². The van der Waals surface area contributed by atoms with Gasteiger partial charge in [0.25, 0.3) is 11.8 Å². The van der Waals surface area contributed by atoms with Crippen LogP contribution in [0.5, 0.6) is 0 Å². The predicted octanol–water partition coefficient (Wildman–Crippen LogP) is 3.69. The Balaban J connectivity index is 1.49. The number of nitrogens with zero attached hydrogens (tertiary/aromatic N) is 3. The van der Waals surface area contributed by atoms with Crippen LogP contribution < -0.4 is 0 Å². The number of rotatable bonds is 3. The molecule has 1 aromatic heterocycles. The number of hydrogen-bond donors (Lipinski definition) is 0. The first-order valence-electron chi connectivity index (χ1n) is 10.4. The van der Waals surface area contributed by atoms with Crippen LogP contribution in [0.4, 0.5) is 0 Å². The topological polar surface area (TPSA) is 43.9 Å². The lowest BCUT2D eigenvalue weighted by Gasteiger charge is -2.37. The van der Waals surface area contributed by atoms with Crippen molar-refractivity contribution < 1.29 is 9.59 Å². The van der Waals surface area contributed by atoms with Crippen molar-refractivity contribution in [2.24, 2.45) is 0 Å². The summed E-state index contributed by atoms with van der Waals surface area (Å²) in [6, 6.07) is 6.33. The van der Waals surface area contributed by atoms with E-state index in [-0.39, 0.29) is 11.8 Å². The minimum Gasteiger partial charge on any atom is -0.339 e. The second kappa shape index (κ2) is 8.21. The molecule has 2 fully saturated rings. The molecule has 2 aromatic rings. The molecule has 0 unspecified atom stereocenters. The fourth-order valence-electron chi connectivity index (χ4n) is 4.22. The third-order valence-electron chi connectivity index (χ3n) is 6.03. The fraction of sp³-hybridized carbons (Fsp3) is 0.545. The van der Waals surface area contributed by atoms with Crippen LogP contribution in [0, 0.1) is 0 Å². The molecule has 2 amide bonds. The Morgan fingerprint density at radius 1 is 0.893 bits per heavy atom. The molecule has 150 valence electrons. The van der Waals surface area contributed by atoms with Crippen molar-refractivity contribution in [2.45, 2.75) is 39.2 Å². The van der Waals surface area contributed by atoms with Gasteiger partial charge in [-0.15, -0.1) is 11.3 Å². The molecule has 2 aliphatic heterocycles. The minimum absolute atomic E-state index is 0.0996. The highest BCUT2D eigenvalue weighted by Crippen LogP contribution is 2.29. The van der Waals surface area contributed by atoms with E-state index in [0.717, 1.165) is 73.3 Å². The van der Waals surface area contributed by atoms with Crippen LogP contribution in [0.2, 0.25) is 0 Å². The van der Waals surface area contributed by atoms with Crippen molar-refractivity contribution in [3.05, 3.63) is 34.7 Å². The van der Waals surface area contributed by atoms with Gasteiger partial charge >= 0.3 is 0 Å². The number of piperidine rings is 1. The Kier molecular flexibility index (Phi) is 5.69. The SMILES string of the molecule is CC(C)N1CCN(C(=O)c2ccc3c(C(=O)N4CCCCC4)csc3c2)CC1. The number of thiophene rings is 1. The van der Waals surface area contributed by atoms with Gasteiger partial charge in [-0.3, -0.25) is 14.5 Å². The van der Waals surface area contributed by atoms with E-state index < -0.39 is 0 Å². The first kappa shape index (κ1) is 19.4. The summed E-state index contributed by atoms with van der Waals surface area (Å²) in [5.41, 5.74) is 1.51. The second-order valence-corrected chi connectivity index (χ2v) is 9.05. The lowest BCUT2D eigenvalue weighted by atomic mass is 10.1. The molecule has 1 aromatic carbocycles. The van der Waals surface area contributed by atoms with Gasteiger partial charge in [-0.25, -0.2) is 0 Å². The number of carbonyl (C=O) groups excluding carboxylic acids is 2. The standard InChI is InChI=1S/C22H29N3O2S/c1-16(2)23-10-12-25(13-11-23)21(26)17-6-7-18-19(15-28-20(18)14-17)22(27)24-8-4-3-5-9-24/h6-7,14-16H,3-5,8-13H2,1-2H3. The van der Waals surface area contributed by atoms with Crippen LogP contribution in [-0.2, 0) is 0 Å². The molecule has 5 nitrogen and oxygen atoms in total. The predicted molar refractivity (Wildman–Crippen MR) is 114 cm³/mol. The van der Waals surface area contributed by atoms with Gasteiger partial charge in [0.2, 0.25) is 0 Å². The largest absolute Gasteiger partial charge is 0.339 e. The van der Waals surface area contributed by atoms with Crippen LogP contribution in [0.3, 0.4) is 0 Å². The van der Waals surface area contributed by atoms with Gasteiger partial charge < -0.3 is 9.80 Å². The number of carbonyl (C=O) groups is 2. The third kappa shape index (κ3) is 3.80. The maximum Gasteiger partial charge on any atom is 0.255 e. The zero-order valence-electron chi connectivity index (χ0n) is 16.8. The summed E-state index contributed by atoms with van der Waals surface area (Å²) in [5, 5.41) is 2.93. The van der Waals surface area contributed by atoms with Crippen LogP contribution in [-0.4, -0.2) is 71.8 Å². The number of piperazine rings is 1. The molecular formula is C22H29N3O2S. The van der Waals surface area contributed by atoms with Gasteiger partial charge in [0.15, 0.2) is 0 Å². The van der Waals surface area contributed by atoms with E-state index in [1.54, 1.807) is 11.3 Å². The van der Waals surface area contributed by atoms with Gasteiger partial charge in [-0.05, 0) is 45.2 Å². The molecule has 2 saturated heterocycles. The molecular weight excluding hydrogens is 370 g/mol. The van der Waals surface area contributed by atoms with E-state index in [9.17, 15) is 9.59 Å². The van der Waals surface area contributed by atoms with Crippen molar-refractivity contribution in [3.8, 4) is 0 Å². The number of likely N-dealkylation sites (tertiary alicyclic amines) is 1. The maximum absolute atomic E-state index is 12.9. The number of benzene rings is 1. The van der Waals surface area contributed by atoms with Crippen LogP contribution in [0.15, 0.2) is 23.6 Å². The molecule has 0 bridgehead atoms. The summed E-state index contributed by atoms with van der Waals surface area (Å²) in [4.78, 5) is 32.2. The first-order valence-corrected chi connectivity index (χ1v) is 11.3. The average molecular weight is 400 g/mol. The van der Waals surface area contributed by atoms with Gasteiger partial charge in [0.05, 0.1) is 5.56 Å². The Bertz CT molecular complexity index is 862. The molecule has 0 radical (unpaired) electrons. The maximum atomic E-state index is 12.9. The number of amides is 2.